The first-order valence-electron chi connectivity index (χ1n) is 4.31. The van der Waals surface area contributed by atoms with E-state index in [4.69, 9.17) is 10.5 Å². The number of aromatic nitrogens is 2. The van der Waals surface area contributed by atoms with Crippen LogP contribution in [0.3, 0.4) is 0 Å². The van der Waals surface area contributed by atoms with Crippen LogP contribution in [0, 0.1) is 11.8 Å². The number of rotatable bonds is 4. The lowest BCUT2D eigenvalue weighted by atomic mass is 10.00. The van der Waals surface area contributed by atoms with Gasteiger partial charge in [-0.05, 0) is 23.2 Å². The zero-order valence-corrected chi connectivity index (χ0v) is 8.97. The van der Waals surface area contributed by atoms with Crippen molar-refractivity contribution in [1.82, 2.24) is 10.2 Å². The fourth-order valence-electron chi connectivity index (χ4n) is 0.674. The van der Waals surface area contributed by atoms with Crippen LogP contribution in [0.5, 0.6) is 5.19 Å². The average molecular weight is 201 g/mol. The van der Waals surface area contributed by atoms with Gasteiger partial charge < -0.3 is 10.5 Å². The zero-order chi connectivity index (χ0) is 9.84. The summed E-state index contributed by atoms with van der Waals surface area (Å²) >= 11 is 1.27. The molecule has 1 heterocycles. The number of ether oxygens (including phenoxy) is 1. The number of hydrogen-bond donors (Lipinski definition) is 1. The second-order valence-corrected chi connectivity index (χ2v) is 4.41. The van der Waals surface area contributed by atoms with E-state index in [2.05, 4.69) is 31.0 Å². The summed E-state index contributed by atoms with van der Waals surface area (Å²) < 4.78 is 5.41. The summed E-state index contributed by atoms with van der Waals surface area (Å²) in [6.07, 6.45) is 0. The van der Waals surface area contributed by atoms with Crippen LogP contribution in [0.1, 0.15) is 20.8 Å². The summed E-state index contributed by atoms with van der Waals surface area (Å²) in [5.74, 6) is 1.13. The van der Waals surface area contributed by atoms with Crippen LogP contribution in [0.4, 0.5) is 5.13 Å². The first-order chi connectivity index (χ1) is 6.09. The Bertz CT molecular complexity index is 262. The molecule has 0 aromatic carbocycles. The lowest BCUT2D eigenvalue weighted by molar-refractivity contribution is 0.221. The topological polar surface area (TPSA) is 61.0 Å². The Morgan fingerprint density at radius 1 is 1.38 bits per heavy atom. The molecule has 2 N–H and O–H groups in total. The van der Waals surface area contributed by atoms with E-state index in [1.165, 1.54) is 11.3 Å². The molecule has 0 radical (unpaired) electrons. The number of hydrogen-bond acceptors (Lipinski definition) is 5. The highest BCUT2D eigenvalue weighted by Gasteiger charge is 2.09. The van der Waals surface area contributed by atoms with Crippen molar-refractivity contribution in [2.45, 2.75) is 20.8 Å². The molecule has 13 heavy (non-hydrogen) atoms. The van der Waals surface area contributed by atoms with Gasteiger partial charge in [0.1, 0.15) is 0 Å². The first-order valence-corrected chi connectivity index (χ1v) is 5.13. The van der Waals surface area contributed by atoms with E-state index in [9.17, 15) is 0 Å². The van der Waals surface area contributed by atoms with Crippen LogP contribution in [0.2, 0.25) is 0 Å². The van der Waals surface area contributed by atoms with Crippen LogP contribution >= 0.6 is 11.3 Å². The van der Waals surface area contributed by atoms with E-state index >= 15 is 0 Å². The maximum Gasteiger partial charge on any atom is 0.295 e. The number of anilines is 1. The van der Waals surface area contributed by atoms with E-state index in [1.54, 1.807) is 0 Å². The molecule has 1 aromatic rings. The standard InChI is InChI=1S/C8H15N3OS/c1-5(2)6(3)4-12-8-11-10-7(9)13-8/h5-6H,4H2,1-3H3,(H2,9,10). The van der Waals surface area contributed by atoms with Crippen LogP contribution in [0.15, 0.2) is 0 Å². The van der Waals surface area contributed by atoms with Gasteiger partial charge in [-0.15, -0.1) is 5.10 Å². The molecule has 0 saturated heterocycles. The minimum Gasteiger partial charge on any atom is -0.469 e. The molecule has 0 amide bonds. The molecule has 0 aliphatic rings. The monoisotopic (exact) mass is 201 g/mol. The summed E-state index contributed by atoms with van der Waals surface area (Å²) in [6, 6.07) is 0. The van der Waals surface area contributed by atoms with Crippen LogP contribution in [0.25, 0.3) is 0 Å². The third-order valence-corrected chi connectivity index (χ3v) is 2.69. The molecule has 4 nitrogen and oxygen atoms in total. The Hall–Kier alpha value is -0.840. The number of nitrogen functional groups attached to an aromatic ring is 1. The molecular formula is C8H15N3OS. The Balaban J connectivity index is 2.35. The van der Waals surface area contributed by atoms with Crippen molar-refractivity contribution >= 4 is 16.5 Å². The van der Waals surface area contributed by atoms with Gasteiger partial charge >= 0.3 is 0 Å². The van der Waals surface area contributed by atoms with Crippen LogP contribution in [-0.2, 0) is 0 Å². The average Bonchev–Trinajstić information content (AvgIpc) is 2.47. The van der Waals surface area contributed by atoms with E-state index in [-0.39, 0.29) is 0 Å². The summed E-state index contributed by atoms with van der Waals surface area (Å²) in [7, 11) is 0. The van der Waals surface area contributed by atoms with E-state index in [1.807, 2.05) is 0 Å². The van der Waals surface area contributed by atoms with Crippen molar-refractivity contribution < 1.29 is 4.74 Å². The van der Waals surface area contributed by atoms with Crippen molar-refractivity contribution in [2.75, 3.05) is 12.3 Å². The van der Waals surface area contributed by atoms with Crippen molar-refractivity contribution in [1.29, 1.82) is 0 Å². The summed E-state index contributed by atoms with van der Waals surface area (Å²) in [4.78, 5) is 0. The highest BCUT2D eigenvalue weighted by molar-refractivity contribution is 7.16. The largest absolute Gasteiger partial charge is 0.469 e. The SMILES string of the molecule is CC(C)C(C)COc1nnc(N)s1. The fraction of sp³-hybridized carbons (Fsp3) is 0.750. The highest BCUT2D eigenvalue weighted by atomic mass is 32.1. The van der Waals surface area contributed by atoms with Gasteiger partial charge in [0.25, 0.3) is 5.19 Å². The molecule has 5 heteroatoms. The fourth-order valence-corrected chi connectivity index (χ4v) is 1.14. The van der Waals surface area contributed by atoms with Crippen molar-refractivity contribution in [3.8, 4) is 5.19 Å². The molecule has 1 unspecified atom stereocenters. The molecule has 0 aliphatic heterocycles. The molecule has 74 valence electrons. The van der Waals surface area contributed by atoms with Gasteiger partial charge in [0.15, 0.2) is 0 Å². The lowest BCUT2D eigenvalue weighted by Gasteiger charge is -2.14. The number of nitrogens with two attached hydrogens (primary N) is 1. The van der Waals surface area contributed by atoms with E-state index < -0.39 is 0 Å². The predicted octanol–water partition coefficient (Wildman–Crippen LogP) is 1.79. The molecule has 1 atom stereocenters. The van der Waals surface area contributed by atoms with E-state index in [0.717, 1.165) is 0 Å². The van der Waals surface area contributed by atoms with Gasteiger partial charge in [-0.3, -0.25) is 0 Å². The summed E-state index contributed by atoms with van der Waals surface area (Å²) in [5, 5.41) is 8.44. The molecule has 0 spiro atoms. The third-order valence-electron chi connectivity index (χ3n) is 2.03. The smallest absolute Gasteiger partial charge is 0.295 e. The van der Waals surface area contributed by atoms with Crippen molar-refractivity contribution in [3.63, 3.8) is 0 Å². The van der Waals surface area contributed by atoms with E-state index in [0.29, 0.717) is 28.8 Å². The van der Waals surface area contributed by atoms with Crippen LogP contribution in [-0.4, -0.2) is 16.8 Å². The Kier molecular flexibility index (Phi) is 3.48. The molecule has 0 fully saturated rings. The second-order valence-electron chi connectivity index (χ2n) is 3.44. The van der Waals surface area contributed by atoms with Gasteiger partial charge in [0.2, 0.25) is 5.13 Å². The van der Waals surface area contributed by atoms with Gasteiger partial charge in [-0.25, -0.2) is 0 Å². The molecule has 1 rings (SSSR count). The molecular weight excluding hydrogens is 186 g/mol. The summed E-state index contributed by atoms with van der Waals surface area (Å²) in [5.41, 5.74) is 5.41. The molecule has 1 aromatic heterocycles. The molecule has 0 aliphatic carbocycles. The zero-order valence-electron chi connectivity index (χ0n) is 8.15. The Labute approximate surface area is 82.1 Å². The molecule has 0 bridgehead atoms. The number of nitrogens with zero attached hydrogens (tertiary/aromatic N) is 2. The van der Waals surface area contributed by atoms with Crippen molar-refractivity contribution in [3.05, 3.63) is 0 Å². The Morgan fingerprint density at radius 3 is 2.54 bits per heavy atom. The minimum atomic E-state index is 0.451. The first kappa shape index (κ1) is 10.2. The van der Waals surface area contributed by atoms with Gasteiger partial charge in [-0.2, -0.15) is 0 Å². The highest BCUT2D eigenvalue weighted by Crippen LogP contribution is 2.20. The van der Waals surface area contributed by atoms with Gasteiger partial charge in [-0.1, -0.05) is 25.9 Å². The van der Waals surface area contributed by atoms with Gasteiger partial charge in [0.05, 0.1) is 6.61 Å². The minimum absolute atomic E-state index is 0.451. The lowest BCUT2D eigenvalue weighted by Crippen LogP contribution is -2.14. The maximum absolute atomic E-state index is 5.41. The Morgan fingerprint density at radius 2 is 2.08 bits per heavy atom. The van der Waals surface area contributed by atoms with Gasteiger partial charge in [0, 0.05) is 0 Å². The quantitative estimate of drug-likeness (QED) is 0.806. The second kappa shape index (κ2) is 4.41. The predicted molar refractivity (Wildman–Crippen MR) is 53.8 cm³/mol. The normalized spacial score (nSPS) is 13.2. The van der Waals surface area contributed by atoms with Crippen molar-refractivity contribution in [2.24, 2.45) is 11.8 Å². The molecule has 0 saturated carbocycles. The third kappa shape index (κ3) is 3.18. The maximum atomic E-state index is 5.41. The summed E-state index contributed by atoms with van der Waals surface area (Å²) in [6.45, 7) is 7.16. The van der Waals surface area contributed by atoms with Crippen LogP contribution < -0.4 is 10.5 Å².